The monoisotopic (exact) mass is 433 g/mol. The van der Waals surface area contributed by atoms with E-state index in [1.807, 2.05) is 36.4 Å². The molecule has 0 unspecified atom stereocenters. The van der Waals surface area contributed by atoms with Gasteiger partial charge in [0.25, 0.3) is 5.91 Å². The highest BCUT2D eigenvalue weighted by molar-refractivity contribution is 6.00. The number of nitrogens with one attached hydrogen (secondary N) is 5. The first-order valence-electron chi connectivity index (χ1n) is 9.66. The Morgan fingerprint density at radius 3 is 2.78 bits per heavy atom. The average molecular weight is 433 g/mol. The molecule has 32 heavy (non-hydrogen) atoms. The lowest BCUT2D eigenvalue weighted by Gasteiger charge is -2.13. The molecule has 0 atom stereocenters. The Morgan fingerprint density at radius 1 is 1.25 bits per heavy atom. The first kappa shape index (κ1) is 22.4. The third-order valence-electron chi connectivity index (χ3n) is 4.56. The SMILES string of the molecule is CO.N=COC(=N)c1cnc(Nc2ccc3c(c2)CNC3=O)nc1NCc1ccccc1. The predicted octanol–water partition coefficient (Wildman–Crippen LogP) is 2.63. The second-order valence-electron chi connectivity index (χ2n) is 6.54. The average Bonchev–Trinajstić information content (AvgIpc) is 3.20. The quantitative estimate of drug-likeness (QED) is 0.247. The Bertz CT molecular complexity index is 1120. The molecule has 2 aromatic carbocycles. The number of ether oxygens (including phenoxy) is 1. The van der Waals surface area contributed by atoms with Gasteiger partial charge in [-0.3, -0.25) is 15.6 Å². The molecule has 0 fully saturated rings. The number of amides is 1. The molecule has 1 aliphatic rings. The maximum atomic E-state index is 11.7. The predicted molar refractivity (Wildman–Crippen MR) is 122 cm³/mol. The van der Waals surface area contributed by atoms with Gasteiger partial charge >= 0.3 is 0 Å². The smallest absolute Gasteiger partial charge is 0.251 e. The van der Waals surface area contributed by atoms with E-state index in [1.54, 1.807) is 12.1 Å². The summed E-state index contributed by atoms with van der Waals surface area (Å²) in [6.45, 7) is 0.986. The number of hydrogen-bond donors (Lipinski definition) is 6. The van der Waals surface area contributed by atoms with Crippen molar-refractivity contribution in [3.8, 4) is 0 Å². The van der Waals surface area contributed by atoms with Crippen LogP contribution in [0.1, 0.15) is 27.0 Å². The van der Waals surface area contributed by atoms with Gasteiger partial charge in [0.2, 0.25) is 11.8 Å². The standard InChI is InChI=1S/C21H19N7O2.CH4O/c22-12-30-18(23)17-11-26-21(28-19(17)24-9-13-4-2-1-3-5-13)27-15-6-7-16-14(8-15)10-25-20(16)29;1-2/h1-8,11-12,22-23H,9-10H2,(H,25,29)(H2,24,26,27,28);2H,1H3. The van der Waals surface area contributed by atoms with E-state index in [1.165, 1.54) is 6.20 Å². The molecule has 2 heterocycles. The highest BCUT2D eigenvalue weighted by Crippen LogP contribution is 2.23. The first-order chi connectivity index (χ1) is 15.6. The highest BCUT2D eigenvalue weighted by atomic mass is 16.5. The fraction of sp³-hybridized carbons (Fsp3) is 0.136. The maximum Gasteiger partial charge on any atom is 0.251 e. The van der Waals surface area contributed by atoms with Gasteiger partial charge in [0.15, 0.2) is 6.40 Å². The summed E-state index contributed by atoms with van der Waals surface area (Å²) < 4.78 is 4.88. The van der Waals surface area contributed by atoms with E-state index in [-0.39, 0.29) is 11.8 Å². The number of carbonyl (C=O) groups excluding carboxylic acids is 1. The summed E-state index contributed by atoms with van der Waals surface area (Å²) in [6.07, 6.45) is 2.16. The number of rotatable bonds is 7. The largest absolute Gasteiger partial charge is 0.428 e. The van der Waals surface area contributed by atoms with Crippen LogP contribution in [0.4, 0.5) is 17.5 Å². The van der Waals surface area contributed by atoms with Crippen LogP contribution in [0.25, 0.3) is 0 Å². The van der Waals surface area contributed by atoms with Crippen LogP contribution in [0.2, 0.25) is 0 Å². The van der Waals surface area contributed by atoms with Gasteiger partial charge in [-0.15, -0.1) is 0 Å². The van der Waals surface area contributed by atoms with E-state index in [9.17, 15) is 4.79 Å². The van der Waals surface area contributed by atoms with Crippen LogP contribution in [0.5, 0.6) is 0 Å². The number of hydrogen-bond acceptors (Lipinski definition) is 9. The summed E-state index contributed by atoms with van der Waals surface area (Å²) in [7, 11) is 1.00. The molecular weight excluding hydrogens is 410 g/mol. The second kappa shape index (κ2) is 10.6. The molecule has 0 spiro atoms. The molecule has 0 saturated carbocycles. The van der Waals surface area contributed by atoms with Crippen LogP contribution >= 0.6 is 0 Å². The van der Waals surface area contributed by atoms with Crippen molar-refractivity contribution in [2.75, 3.05) is 17.7 Å². The van der Waals surface area contributed by atoms with Gasteiger partial charge in [-0.05, 0) is 29.3 Å². The molecule has 1 aliphatic heterocycles. The lowest BCUT2D eigenvalue weighted by atomic mass is 10.1. The van der Waals surface area contributed by atoms with Crippen molar-refractivity contribution >= 4 is 35.7 Å². The van der Waals surface area contributed by atoms with E-state index < -0.39 is 0 Å². The number of carbonyl (C=O) groups is 1. The van der Waals surface area contributed by atoms with E-state index in [0.29, 0.717) is 42.4 Å². The minimum atomic E-state index is -0.228. The molecule has 0 bridgehead atoms. The summed E-state index contributed by atoms with van der Waals surface area (Å²) in [5.41, 5.74) is 3.71. The summed E-state index contributed by atoms with van der Waals surface area (Å²) in [4.78, 5) is 20.5. The number of anilines is 3. The number of aliphatic hydroxyl groups is 1. The summed E-state index contributed by atoms with van der Waals surface area (Å²) in [5.74, 6) is 0.430. The zero-order valence-corrected chi connectivity index (χ0v) is 17.3. The molecular formula is C22H23N7O3. The Balaban J connectivity index is 0.00000141. The third kappa shape index (κ3) is 5.24. The number of benzene rings is 2. The number of aromatic nitrogens is 2. The van der Waals surface area contributed by atoms with Crippen molar-refractivity contribution in [1.29, 1.82) is 10.8 Å². The number of aliphatic hydroxyl groups excluding tert-OH is 1. The second-order valence-corrected chi connectivity index (χ2v) is 6.54. The van der Waals surface area contributed by atoms with Crippen LogP contribution in [-0.2, 0) is 17.8 Å². The van der Waals surface area contributed by atoms with Crippen LogP contribution in [0.15, 0.2) is 54.7 Å². The van der Waals surface area contributed by atoms with Gasteiger partial charge in [0, 0.05) is 37.6 Å². The van der Waals surface area contributed by atoms with Crippen molar-refractivity contribution < 1.29 is 14.6 Å². The van der Waals surface area contributed by atoms with Crippen molar-refractivity contribution in [2.45, 2.75) is 13.1 Å². The number of fused-ring (bicyclic) bond motifs is 1. The Kier molecular flexibility index (Phi) is 7.44. The van der Waals surface area contributed by atoms with Gasteiger partial charge in [0.1, 0.15) is 5.82 Å². The molecule has 10 nitrogen and oxygen atoms in total. The van der Waals surface area contributed by atoms with Crippen molar-refractivity contribution in [3.63, 3.8) is 0 Å². The molecule has 0 saturated heterocycles. The maximum absolute atomic E-state index is 11.7. The van der Waals surface area contributed by atoms with Gasteiger partial charge in [-0.2, -0.15) is 4.98 Å². The van der Waals surface area contributed by atoms with Crippen LogP contribution < -0.4 is 16.0 Å². The normalized spacial score (nSPS) is 11.4. The fourth-order valence-corrected chi connectivity index (χ4v) is 3.09. The van der Waals surface area contributed by atoms with Gasteiger partial charge in [-0.1, -0.05) is 30.3 Å². The third-order valence-corrected chi connectivity index (χ3v) is 4.56. The summed E-state index contributed by atoms with van der Waals surface area (Å²) >= 11 is 0. The van der Waals surface area contributed by atoms with Crippen molar-refractivity contribution in [3.05, 3.63) is 77.0 Å². The molecule has 4 rings (SSSR count). The van der Waals surface area contributed by atoms with Crippen LogP contribution in [0.3, 0.4) is 0 Å². The van der Waals surface area contributed by atoms with Gasteiger partial charge in [-0.25, -0.2) is 4.98 Å². The molecule has 10 heteroatoms. The van der Waals surface area contributed by atoms with E-state index in [4.69, 9.17) is 20.7 Å². The zero-order chi connectivity index (χ0) is 22.9. The van der Waals surface area contributed by atoms with Crippen molar-refractivity contribution in [1.82, 2.24) is 15.3 Å². The lowest BCUT2D eigenvalue weighted by Crippen LogP contribution is -2.13. The van der Waals surface area contributed by atoms with E-state index in [2.05, 4.69) is 25.9 Å². The Morgan fingerprint density at radius 2 is 2.03 bits per heavy atom. The Labute approximate surface area is 184 Å². The lowest BCUT2D eigenvalue weighted by molar-refractivity contribution is 0.0965. The first-order valence-corrected chi connectivity index (χ1v) is 9.66. The van der Waals surface area contributed by atoms with Gasteiger partial charge in [0.05, 0.1) is 5.56 Å². The molecule has 0 radical (unpaired) electrons. The topological polar surface area (TPSA) is 156 Å². The van der Waals surface area contributed by atoms with Gasteiger partial charge < -0.3 is 25.8 Å². The molecule has 3 aromatic rings. The molecule has 0 aliphatic carbocycles. The minimum absolute atomic E-state index is 0.0748. The minimum Gasteiger partial charge on any atom is -0.428 e. The number of nitrogens with zero attached hydrogens (tertiary/aromatic N) is 2. The zero-order valence-electron chi connectivity index (χ0n) is 17.3. The van der Waals surface area contributed by atoms with Crippen LogP contribution in [0, 0.1) is 10.8 Å². The van der Waals surface area contributed by atoms with Crippen molar-refractivity contribution in [2.24, 2.45) is 0 Å². The van der Waals surface area contributed by atoms with E-state index >= 15 is 0 Å². The summed E-state index contributed by atoms with van der Waals surface area (Å²) in [5, 5.41) is 31.2. The Hall–Kier alpha value is -4.31. The fourth-order valence-electron chi connectivity index (χ4n) is 3.09. The molecule has 1 amide bonds. The highest BCUT2D eigenvalue weighted by Gasteiger charge is 2.19. The van der Waals surface area contributed by atoms with Crippen LogP contribution in [-0.4, -0.2) is 40.4 Å². The molecule has 164 valence electrons. The molecule has 1 aromatic heterocycles. The molecule has 6 N–H and O–H groups in total. The summed E-state index contributed by atoms with van der Waals surface area (Å²) in [6, 6.07) is 15.2. The van der Waals surface area contributed by atoms with E-state index in [0.717, 1.165) is 23.9 Å².